The van der Waals surface area contributed by atoms with Crippen LogP contribution in [0, 0.1) is 63.7 Å². The summed E-state index contributed by atoms with van der Waals surface area (Å²) in [5.74, 6) is 0.448. The molecule has 1 heterocycles. The zero-order chi connectivity index (χ0) is 22.8. The number of anilines is 1. The Labute approximate surface area is 212 Å². The summed E-state index contributed by atoms with van der Waals surface area (Å²) in [6.07, 6.45) is 16.9. The number of aromatic nitrogens is 2. The van der Waals surface area contributed by atoms with E-state index in [4.69, 9.17) is 16.3 Å². The molecule has 8 heteroatoms. The average molecular weight is 508 g/mol. The SMILES string of the molecule is CCOC(=O)c1cc([C]2[CH][CH][CH][CH]2)nn1C[C@H](O)CNc1cccc(Cl)c1.[CH]1[CH][CH][CH][CH]1.[Fe+2]. The van der Waals surface area contributed by atoms with Gasteiger partial charge >= 0.3 is 23.0 Å². The Balaban J connectivity index is 0.000000568. The number of esters is 1. The van der Waals surface area contributed by atoms with Crippen LogP contribution in [0.5, 0.6) is 0 Å². The first kappa shape index (κ1) is 27.7. The summed E-state index contributed by atoms with van der Waals surface area (Å²) in [6.45, 7) is 2.46. The second kappa shape index (κ2) is 14.7. The summed E-state index contributed by atoms with van der Waals surface area (Å²) >= 11 is 5.96. The molecule has 0 bridgehead atoms. The summed E-state index contributed by atoms with van der Waals surface area (Å²) < 4.78 is 6.60. The number of rotatable bonds is 8. The third-order valence-electron chi connectivity index (χ3n) is 4.53. The fourth-order valence-corrected chi connectivity index (χ4v) is 3.22. The molecule has 10 radical (unpaired) electrons. The van der Waals surface area contributed by atoms with Crippen LogP contribution in [-0.4, -0.2) is 40.1 Å². The Hall–Kier alpha value is -1.53. The molecular formula is C25H26ClFeN3O3+2. The van der Waals surface area contributed by atoms with Gasteiger partial charge in [-0.05, 0) is 89.0 Å². The van der Waals surface area contributed by atoms with Crippen LogP contribution in [0.4, 0.5) is 5.69 Å². The van der Waals surface area contributed by atoms with E-state index >= 15 is 0 Å². The molecule has 2 aliphatic carbocycles. The third kappa shape index (κ3) is 8.97. The monoisotopic (exact) mass is 507 g/mol. The van der Waals surface area contributed by atoms with Crippen molar-refractivity contribution in [3.05, 3.63) is 110 Å². The molecule has 0 spiro atoms. The van der Waals surface area contributed by atoms with E-state index < -0.39 is 12.1 Å². The van der Waals surface area contributed by atoms with E-state index in [1.54, 1.807) is 25.1 Å². The topological polar surface area (TPSA) is 76.4 Å². The van der Waals surface area contributed by atoms with Crippen molar-refractivity contribution in [2.75, 3.05) is 18.5 Å². The van der Waals surface area contributed by atoms with Crippen LogP contribution in [0.3, 0.4) is 0 Å². The molecule has 1 aromatic heterocycles. The minimum atomic E-state index is -0.760. The molecule has 0 amide bonds. The number of nitrogens with one attached hydrogen (secondary N) is 1. The third-order valence-corrected chi connectivity index (χ3v) is 4.76. The maximum absolute atomic E-state index is 12.3. The Kier molecular flexibility index (Phi) is 12.3. The number of carbonyl (C=O) groups is 1. The first-order valence-corrected chi connectivity index (χ1v) is 10.8. The molecule has 2 N–H and O–H groups in total. The van der Waals surface area contributed by atoms with Crippen molar-refractivity contribution in [2.24, 2.45) is 0 Å². The summed E-state index contributed by atoms with van der Waals surface area (Å²) in [7, 11) is 0. The Bertz CT molecular complexity index is 844. The van der Waals surface area contributed by atoms with Gasteiger partial charge in [-0.3, -0.25) is 4.68 Å². The maximum Gasteiger partial charge on any atom is 2.00 e. The number of aliphatic hydroxyl groups excluding tert-OH is 1. The smallest absolute Gasteiger partial charge is 0.461 e. The van der Waals surface area contributed by atoms with Crippen molar-refractivity contribution >= 4 is 23.3 Å². The molecular weight excluding hydrogens is 482 g/mol. The van der Waals surface area contributed by atoms with Crippen molar-refractivity contribution < 1.29 is 31.7 Å². The minimum absolute atomic E-state index is 0. The van der Waals surface area contributed by atoms with Crippen LogP contribution >= 0.6 is 11.6 Å². The van der Waals surface area contributed by atoms with E-state index in [2.05, 4.69) is 10.4 Å². The Morgan fingerprint density at radius 2 is 1.79 bits per heavy atom. The van der Waals surface area contributed by atoms with Gasteiger partial charge in [0.25, 0.3) is 0 Å². The van der Waals surface area contributed by atoms with Crippen LogP contribution in [0.15, 0.2) is 30.3 Å². The number of ether oxygens (including phenoxy) is 1. The molecule has 0 aliphatic heterocycles. The molecule has 172 valence electrons. The van der Waals surface area contributed by atoms with Gasteiger partial charge in [0.2, 0.25) is 0 Å². The van der Waals surface area contributed by atoms with Crippen LogP contribution in [0.1, 0.15) is 23.1 Å². The normalized spacial score (nSPS) is 16.5. The van der Waals surface area contributed by atoms with Crippen LogP contribution in [-0.2, 0) is 28.4 Å². The molecule has 1 atom stereocenters. The van der Waals surface area contributed by atoms with Crippen molar-refractivity contribution in [2.45, 2.75) is 19.6 Å². The van der Waals surface area contributed by atoms with Gasteiger partial charge in [-0.15, -0.1) is 0 Å². The molecule has 2 aliphatic rings. The summed E-state index contributed by atoms with van der Waals surface area (Å²) in [4.78, 5) is 12.3. The molecule has 0 saturated heterocycles. The predicted molar refractivity (Wildman–Crippen MR) is 125 cm³/mol. The largest absolute Gasteiger partial charge is 2.00 e. The standard InChI is InChI=1S/C20H21ClN3O3.C5H5.Fe/c1-2-27-20(26)19-11-18(14-6-3-4-7-14)23-24(19)13-17(25)12-22-16-9-5-8-15(21)10-16;1-2-4-5-3-1;/h3-11,17,22,25H,2,12-13H2,1H3;1-5H;/q;;+2/t17-;;/m1../s1. The number of nitrogens with zero attached hydrogens (tertiary/aromatic N) is 2. The van der Waals surface area contributed by atoms with Gasteiger partial charge in [0.1, 0.15) is 5.69 Å². The van der Waals surface area contributed by atoms with E-state index in [0.717, 1.165) is 11.6 Å². The number of halogens is 1. The van der Waals surface area contributed by atoms with Gasteiger partial charge in [0.15, 0.2) is 0 Å². The molecule has 2 saturated carbocycles. The van der Waals surface area contributed by atoms with Crippen molar-refractivity contribution in [3.63, 3.8) is 0 Å². The first-order chi connectivity index (χ1) is 15.6. The summed E-state index contributed by atoms with van der Waals surface area (Å²) in [6, 6.07) is 8.94. The predicted octanol–water partition coefficient (Wildman–Crippen LogP) is 3.96. The minimum Gasteiger partial charge on any atom is -0.461 e. The molecule has 6 nitrogen and oxygen atoms in total. The number of carbonyl (C=O) groups excluding carboxylic acids is 1. The van der Waals surface area contributed by atoms with Crippen LogP contribution in [0.2, 0.25) is 5.02 Å². The number of benzene rings is 1. The fourth-order valence-electron chi connectivity index (χ4n) is 3.03. The van der Waals surface area contributed by atoms with Gasteiger partial charge in [-0.2, -0.15) is 5.10 Å². The molecule has 0 unspecified atom stereocenters. The molecule has 33 heavy (non-hydrogen) atoms. The van der Waals surface area contributed by atoms with Gasteiger partial charge in [-0.1, -0.05) is 17.7 Å². The quantitative estimate of drug-likeness (QED) is 0.418. The van der Waals surface area contributed by atoms with Crippen molar-refractivity contribution in [1.29, 1.82) is 0 Å². The molecule has 2 aromatic rings. The molecule has 4 rings (SSSR count). The number of hydrogen-bond donors (Lipinski definition) is 2. The van der Waals surface area contributed by atoms with Gasteiger partial charge in [-0.25, -0.2) is 4.79 Å². The fraction of sp³-hybridized carbons (Fsp3) is 0.200. The van der Waals surface area contributed by atoms with E-state index in [9.17, 15) is 9.90 Å². The van der Waals surface area contributed by atoms with Crippen molar-refractivity contribution in [3.8, 4) is 0 Å². The average Bonchev–Trinajstić information content (AvgIpc) is 3.56. The zero-order valence-corrected chi connectivity index (χ0v) is 20.0. The molecule has 1 aromatic carbocycles. The zero-order valence-electron chi connectivity index (χ0n) is 18.2. The van der Waals surface area contributed by atoms with E-state index in [1.165, 1.54) is 4.68 Å². The van der Waals surface area contributed by atoms with Crippen LogP contribution < -0.4 is 5.32 Å². The van der Waals surface area contributed by atoms with Crippen LogP contribution in [0.25, 0.3) is 0 Å². The van der Waals surface area contributed by atoms with Gasteiger partial charge < -0.3 is 15.2 Å². The molecule has 2 fully saturated rings. The maximum atomic E-state index is 12.3. The number of hydrogen-bond acceptors (Lipinski definition) is 5. The summed E-state index contributed by atoms with van der Waals surface area (Å²) in [5, 5.41) is 18.6. The number of aliphatic hydroxyl groups is 1. The van der Waals surface area contributed by atoms with Gasteiger partial charge in [0, 0.05) is 23.2 Å². The second-order valence-electron chi connectivity index (χ2n) is 7.00. The van der Waals surface area contributed by atoms with Crippen molar-refractivity contribution in [1.82, 2.24) is 9.78 Å². The van der Waals surface area contributed by atoms with E-state index in [1.807, 2.05) is 69.9 Å². The first-order valence-electron chi connectivity index (χ1n) is 10.4. The van der Waals surface area contributed by atoms with Gasteiger partial charge in [0.05, 0.1) is 24.9 Å². The van der Waals surface area contributed by atoms with E-state index in [-0.39, 0.29) is 36.8 Å². The Morgan fingerprint density at radius 3 is 2.39 bits per heavy atom. The summed E-state index contributed by atoms with van der Waals surface area (Å²) in [5.41, 5.74) is 1.79. The second-order valence-corrected chi connectivity index (χ2v) is 7.43. The Morgan fingerprint density at radius 1 is 1.12 bits per heavy atom. The van der Waals surface area contributed by atoms with E-state index in [0.29, 0.717) is 16.4 Å².